The molecule has 0 aliphatic rings. The first-order chi connectivity index (χ1) is 45.8. The van der Waals surface area contributed by atoms with E-state index in [2.05, 4.69) is 324 Å². The van der Waals surface area contributed by atoms with E-state index in [0.29, 0.717) is 0 Å². The minimum absolute atomic E-state index is 0.947. The third-order valence-electron chi connectivity index (χ3n) is 20.1. The molecule has 0 saturated carbocycles. The monoisotopic (exact) mass is 1210 g/mol. The Balaban J connectivity index is 0.000000111. The minimum atomic E-state index is 0.947. The lowest BCUT2D eigenvalue weighted by molar-refractivity contribution is 0.826. The summed E-state index contributed by atoms with van der Waals surface area (Å²) >= 11 is 0. The molecule has 0 fully saturated rings. The van der Waals surface area contributed by atoms with Crippen LogP contribution in [-0.4, -0.2) is 27.4 Å². The summed E-state index contributed by atoms with van der Waals surface area (Å²) in [6.45, 7) is 19.3. The van der Waals surface area contributed by atoms with Crippen molar-refractivity contribution in [2.24, 2.45) is 0 Å². The number of rotatable bonds is 12. The molecule has 6 heterocycles. The Kier molecular flexibility index (Phi) is 14.8. The Morgan fingerprint density at radius 1 is 0.161 bits per heavy atom. The Morgan fingerprint density at radius 2 is 0.333 bits per heavy atom. The molecule has 0 bridgehead atoms. The molecule has 6 aromatic heterocycles. The molecular weight excluding hydrogens is 1130 g/mol. The van der Waals surface area contributed by atoms with Gasteiger partial charge in [0.1, 0.15) is 0 Å². The number of hydrogen-bond acceptors (Lipinski definition) is 0. The molecule has 456 valence electrons. The van der Waals surface area contributed by atoms with Crippen LogP contribution in [0.2, 0.25) is 0 Å². The van der Waals surface area contributed by atoms with Gasteiger partial charge in [-0.3, -0.25) is 0 Å². The maximum absolute atomic E-state index is 2.44. The van der Waals surface area contributed by atoms with Crippen LogP contribution in [0, 0.1) is 0 Å². The number of hydrogen-bond donors (Lipinski definition) is 0. The highest BCUT2D eigenvalue weighted by Gasteiger charge is 2.17. The Hall–Kier alpha value is -10.6. The van der Waals surface area contributed by atoms with Gasteiger partial charge in [0.25, 0.3) is 0 Å². The molecule has 0 saturated heterocycles. The van der Waals surface area contributed by atoms with Crippen LogP contribution in [-0.2, 0) is 58.5 Å². The fourth-order valence-corrected chi connectivity index (χ4v) is 16.0. The van der Waals surface area contributed by atoms with Crippen molar-refractivity contribution in [1.82, 2.24) is 27.4 Å². The fourth-order valence-electron chi connectivity index (χ4n) is 16.0. The van der Waals surface area contributed by atoms with Crippen molar-refractivity contribution in [3.05, 3.63) is 288 Å². The van der Waals surface area contributed by atoms with Crippen molar-refractivity contribution in [2.45, 2.75) is 100 Å². The zero-order valence-electron chi connectivity index (χ0n) is 54.3. The highest BCUT2D eigenvalue weighted by molar-refractivity contribution is 6.13. The molecule has 0 aliphatic carbocycles. The molecule has 0 spiro atoms. The Labute approximate surface area is 543 Å². The molecule has 0 amide bonds. The molecule has 93 heavy (non-hydrogen) atoms. The summed E-state index contributed by atoms with van der Waals surface area (Å²) in [6, 6.07) is 94.5. The maximum atomic E-state index is 2.44. The van der Waals surface area contributed by atoms with Gasteiger partial charge in [0.2, 0.25) is 0 Å². The Morgan fingerprint density at radius 3 is 0.570 bits per heavy atom. The SMILES string of the molecule is CCn1c2ccccc2c2cc(Cc3ccc4c(c3)c3ccccc3n4CC)ccc21.CCn1c2ccccc2c2cc(Cc3ccc4c5ccccc5n(CC)c4c3)ccc21.CCn1c2ccccc2c2cc(Cc3ccc4c5ccccc5n(CC)c4c3)ccc21. The van der Waals surface area contributed by atoms with Gasteiger partial charge in [-0.15, -0.1) is 0 Å². The standard InChI is InChI=1S/3C29H26N2/c2*1-3-30-27-12-8-6-10-23(27)25-18-20(14-16-28(25)30)17-21-13-15-24-22-9-5-7-11-26(22)31(4-2)29(24)19-21;1-3-30-26-11-7-5-9-22(26)24-18-20(13-15-28(24)30)17-21-14-16-29-25(19-21)23-10-6-8-12-27(23)31(29)4-2/h3*5-16,18-19H,3-4,17H2,1-2H3. The van der Waals surface area contributed by atoms with Gasteiger partial charge in [-0.25, -0.2) is 0 Å². The lowest BCUT2D eigenvalue weighted by Crippen LogP contribution is -1.95. The molecule has 6 heteroatoms. The van der Waals surface area contributed by atoms with E-state index < -0.39 is 0 Å². The molecule has 0 atom stereocenters. The van der Waals surface area contributed by atoms with Crippen molar-refractivity contribution in [1.29, 1.82) is 0 Å². The van der Waals surface area contributed by atoms with Crippen molar-refractivity contribution in [2.75, 3.05) is 0 Å². The smallest absolute Gasteiger partial charge is 0.0494 e. The van der Waals surface area contributed by atoms with Gasteiger partial charge in [-0.1, -0.05) is 158 Å². The third-order valence-corrected chi connectivity index (χ3v) is 20.1. The van der Waals surface area contributed by atoms with Crippen molar-refractivity contribution >= 4 is 131 Å². The van der Waals surface area contributed by atoms with Gasteiger partial charge < -0.3 is 27.4 Å². The van der Waals surface area contributed by atoms with E-state index in [4.69, 9.17) is 0 Å². The number of fused-ring (bicyclic) bond motifs is 18. The van der Waals surface area contributed by atoms with E-state index >= 15 is 0 Å². The minimum Gasteiger partial charge on any atom is -0.341 e. The summed E-state index contributed by atoms with van der Waals surface area (Å²) in [5.74, 6) is 0. The molecule has 0 radical (unpaired) electrons. The first-order valence-corrected chi connectivity index (χ1v) is 33.8. The normalized spacial score (nSPS) is 11.9. The molecule has 6 nitrogen and oxygen atoms in total. The molecule has 0 N–H and O–H groups in total. The van der Waals surface area contributed by atoms with Crippen molar-refractivity contribution in [3.63, 3.8) is 0 Å². The van der Waals surface area contributed by atoms with Gasteiger partial charge in [-0.05, 0) is 191 Å². The summed E-state index contributed by atoms with van der Waals surface area (Å²) < 4.78 is 14.5. The Bertz CT molecular complexity index is 5510. The fraction of sp³-hybridized carbons (Fsp3) is 0.172. The summed E-state index contributed by atoms with van der Waals surface area (Å²) in [5, 5.41) is 16.2. The van der Waals surface area contributed by atoms with E-state index in [1.165, 1.54) is 164 Å². The molecule has 12 aromatic carbocycles. The van der Waals surface area contributed by atoms with Crippen LogP contribution in [0.5, 0.6) is 0 Å². The van der Waals surface area contributed by atoms with E-state index in [0.717, 1.165) is 58.5 Å². The summed E-state index contributed by atoms with van der Waals surface area (Å²) in [5.41, 5.74) is 24.1. The summed E-state index contributed by atoms with van der Waals surface area (Å²) in [6.07, 6.45) is 2.84. The quantitative estimate of drug-likeness (QED) is 0.117. The summed E-state index contributed by atoms with van der Waals surface area (Å²) in [4.78, 5) is 0. The van der Waals surface area contributed by atoms with Crippen LogP contribution < -0.4 is 0 Å². The second-order valence-electron chi connectivity index (χ2n) is 25.2. The van der Waals surface area contributed by atoms with E-state index in [-0.39, 0.29) is 0 Å². The zero-order valence-corrected chi connectivity index (χ0v) is 54.3. The lowest BCUT2D eigenvalue weighted by Gasteiger charge is -2.07. The molecule has 0 unspecified atom stereocenters. The van der Waals surface area contributed by atoms with E-state index in [9.17, 15) is 0 Å². The van der Waals surface area contributed by atoms with Crippen LogP contribution in [0.1, 0.15) is 74.9 Å². The van der Waals surface area contributed by atoms with Crippen molar-refractivity contribution in [3.8, 4) is 0 Å². The molecule has 18 aromatic rings. The van der Waals surface area contributed by atoms with Gasteiger partial charge in [-0.2, -0.15) is 0 Å². The van der Waals surface area contributed by atoms with Gasteiger partial charge in [0.15, 0.2) is 0 Å². The molecule has 18 rings (SSSR count). The zero-order chi connectivity index (χ0) is 62.8. The van der Waals surface area contributed by atoms with Crippen molar-refractivity contribution < 1.29 is 0 Å². The molecular formula is C87H78N6. The third kappa shape index (κ3) is 9.76. The second-order valence-corrected chi connectivity index (χ2v) is 25.2. The van der Waals surface area contributed by atoms with E-state index in [1.54, 1.807) is 0 Å². The highest BCUT2D eigenvalue weighted by Crippen LogP contribution is 2.37. The van der Waals surface area contributed by atoms with E-state index in [1.807, 2.05) is 0 Å². The highest BCUT2D eigenvalue weighted by atomic mass is 15.0. The predicted octanol–water partition coefficient (Wildman–Crippen LogP) is 22.6. The lowest BCUT2D eigenvalue weighted by atomic mass is 10.0. The summed E-state index contributed by atoms with van der Waals surface area (Å²) in [7, 11) is 0. The number of aryl methyl sites for hydroxylation is 6. The average molecular weight is 1210 g/mol. The second kappa shape index (κ2) is 23.9. The maximum Gasteiger partial charge on any atom is 0.0494 e. The van der Waals surface area contributed by atoms with Crippen LogP contribution in [0.4, 0.5) is 0 Å². The van der Waals surface area contributed by atoms with Crippen LogP contribution in [0.25, 0.3) is 131 Å². The molecule has 0 aliphatic heterocycles. The first kappa shape index (κ1) is 57.6. The average Bonchev–Trinajstić information content (AvgIpc) is 1.73. The number of aromatic nitrogens is 6. The number of benzene rings is 12. The number of nitrogens with zero attached hydrogens (tertiary/aromatic N) is 6. The van der Waals surface area contributed by atoms with Gasteiger partial charge in [0, 0.05) is 170 Å². The van der Waals surface area contributed by atoms with Crippen LogP contribution in [0.3, 0.4) is 0 Å². The van der Waals surface area contributed by atoms with Crippen LogP contribution >= 0.6 is 0 Å². The van der Waals surface area contributed by atoms with Gasteiger partial charge >= 0.3 is 0 Å². The predicted molar refractivity (Wildman–Crippen MR) is 399 cm³/mol. The number of para-hydroxylation sites is 6. The van der Waals surface area contributed by atoms with Crippen LogP contribution in [0.15, 0.2) is 255 Å². The first-order valence-electron chi connectivity index (χ1n) is 33.8. The van der Waals surface area contributed by atoms with Gasteiger partial charge in [0.05, 0.1) is 0 Å². The largest absolute Gasteiger partial charge is 0.341 e. The topological polar surface area (TPSA) is 29.6 Å².